The first-order valence-electron chi connectivity index (χ1n) is 5.51. The number of aliphatic hydroxyl groups is 1. The van der Waals surface area contributed by atoms with Gasteiger partial charge in [-0.2, -0.15) is 0 Å². The minimum atomic E-state index is -0.563. The van der Waals surface area contributed by atoms with Crippen molar-refractivity contribution >= 4 is 23.4 Å². The molecule has 0 fully saturated rings. The zero-order valence-corrected chi connectivity index (χ0v) is 11.7. The van der Waals surface area contributed by atoms with Gasteiger partial charge in [-0.1, -0.05) is 17.7 Å². The van der Waals surface area contributed by atoms with Gasteiger partial charge in [-0.05, 0) is 49.4 Å². The average Bonchev–Trinajstić information content (AvgIpc) is 2.28. The highest BCUT2D eigenvalue weighted by Crippen LogP contribution is 2.31. The van der Waals surface area contributed by atoms with Crippen molar-refractivity contribution in [1.82, 2.24) is 9.97 Å². The van der Waals surface area contributed by atoms with Gasteiger partial charge in [0.05, 0.1) is 6.10 Å². The number of hydrogen-bond acceptors (Lipinski definition) is 4. The van der Waals surface area contributed by atoms with Gasteiger partial charge in [0.25, 0.3) is 0 Å². The quantitative estimate of drug-likeness (QED) is 0.872. The van der Waals surface area contributed by atoms with Crippen LogP contribution in [-0.4, -0.2) is 15.1 Å². The summed E-state index contributed by atoms with van der Waals surface area (Å²) < 4.78 is 0. The lowest BCUT2D eigenvalue weighted by molar-refractivity contribution is 0.199. The zero-order chi connectivity index (χ0) is 13.1. The van der Waals surface area contributed by atoms with E-state index >= 15 is 0 Å². The van der Waals surface area contributed by atoms with E-state index in [0.29, 0.717) is 10.2 Å². The van der Waals surface area contributed by atoms with Crippen LogP contribution in [0.2, 0.25) is 5.02 Å². The largest absolute Gasteiger partial charge is 0.389 e. The molecular formula is C13H13ClN2OS. The Hall–Kier alpha value is -1.10. The number of rotatable bonds is 3. The lowest BCUT2D eigenvalue weighted by atomic mass is 10.1. The van der Waals surface area contributed by atoms with Crippen LogP contribution in [-0.2, 0) is 0 Å². The molecule has 0 aliphatic carbocycles. The van der Waals surface area contributed by atoms with E-state index in [9.17, 15) is 5.11 Å². The Labute approximate surface area is 115 Å². The van der Waals surface area contributed by atoms with Gasteiger partial charge < -0.3 is 5.11 Å². The highest BCUT2D eigenvalue weighted by molar-refractivity contribution is 7.99. The van der Waals surface area contributed by atoms with Crippen molar-refractivity contribution in [3.8, 4) is 0 Å². The van der Waals surface area contributed by atoms with E-state index in [0.717, 1.165) is 16.2 Å². The SMILES string of the molecule is Cc1ccnc(Sc2ccc(C(C)O)c(Cl)c2)n1. The molecule has 0 radical (unpaired) electrons. The van der Waals surface area contributed by atoms with Crippen LogP contribution in [0.5, 0.6) is 0 Å². The van der Waals surface area contributed by atoms with Gasteiger partial charge in [-0.25, -0.2) is 9.97 Å². The number of aryl methyl sites for hydroxylation is 1. The van der Waals surface area contributed by atoms with E-state index in [1.54, 1.807) is 13.1 Å². The first-order valence-corrected chi connectivity index (χ1v) is 6.70. The molecule has 1 aromatic carbocycles. The maximum atomic E-state index is 9.51. The molecule has 1 heterocycles. The summed E-state index contributed by atoms with van der Waals surface area (Å²) >= 11 is 7.56. The first-order chi connectivity index (χ1) is 8.56. The fraction of sp³-hybridized carbons (Fsp3) is 0.231. The normalized spacial score (nSPS) is 12.4. The average molecular weight is 281 g/mol. The Morgan fingerprint density at radius 3 is 2.72 bits per heavy atom. The van der Waals surface area contributed by atoms with Crippen LogP contribution in [0, 0.1) is 6.92 Å². The molecule has 1 N–H and O–H groups in total. The van der Waals surface area contributed by atoms with Gasteiger partial charge in [0.1, 0.15) is 0 Å². The third kappa shape index (κ3) is 3.22. The highest BCUT2D eigenvalue weighted by Gasteiger charge is 2.08. The van der Waals surface area contributed by atoms with Crippen molar-refractivity contribution in [2.45, 2.75) is 30.0 Å². The van der Waals surface area contributed by atoms with Crippen LogP contribution in [0.1, 0.15) is 24.3 Å². The van der Waals surface area contributed by atoms with E-state index in [1.807, 2.05) is 31.2 Å². The van der Waals surface area contributed by atoms with Gasteiger partial charge in [0, 0.05) is 21.8 Å². The van der Waals surface area contributed by atoms with Gasteiger partial charge in [0.15, 0.2) is 5.16 Å². The molecule has 1 atom stereocenters. The molecule has 2 aromatic rings. The number of aromatic nitrogens is 2. The van der Waals surface area contributed by atoms with Crippen molar-refractivity contribution in [3.63, 3.8) is 0 Å². The number of hydrogen-bond donors (Lipinski definition) is 1. The zero-order valence-electron chi connectivity index (χ0n) is 10.1. The second kappa shape index (κ2) is 5.69. The van der Waals surface area contributed by atoms with Crippen LogP contribution in [0.25, 0.3) is 0 Å². The van der Waals surface area contributed by atoms with Crippen molar-refractivity contribution in [3.05, 3.63) is 46.7 Å². The molecular weight excluding hydrogens is 268 g/mol. The summed E-state index contributed by atoms with van der Waals surface area (Å²) in [5.41, 5.74) is 1.66. The van der Waals surface area contributed by atoms with Gasteiger partial charge in [0.2, 0.25) is 0 Å². The fourth-order valence-corrected chi connectivity index (χ4v) is 2.72. The Kier molecular flexibility index (Phi) is 4.22. The molecule has 0 spiro atoms. The summed E-state index contributed by atoms with van der Waals surface area (Å²) in [4.78, 5) is 9.45. The molecule has 0 saturated heterocycles. The molecule has 18 heavy (non-hydrogen) atoms. The Bertz CT molecular complexity index is 560. The predicted molar refractivity (Wildman–Crippen MR) is 73.0 cm³/mol. The summed E-state index contributed by atoms with van der Waals surface area (Å²) in [6.07, 6.45) is 1.17. The molecule has 0 saturated carbocycles. The highest BCUT2D eigenvalue weighted by atomic mass is 35.5. The summed E-state index contributed by atoms with van der Waals surface area (Å²) in [7, 11) is 0. The monoisotopic (exact) mass is 280 g/mol. The third-order valence-corrected chi connectivity index (χ3v) is 3.60. The topological polar surface area (TPSA) is 46.0 Å². The molecule has 0 aliphatic heterocycles. The molecule has 2 rings (SSSR count). The van der Waals surface area contributed by atoms with Crippen LogP contribution < -0.4 is 0 Å². The molecule has 0 bridgehead atoms. The van der Waals surface area contributed by atoms with Crippen molar-refractivity contribution in [2.24, 2.45) is 0 Å². The van der Waals surface area contributed by atoms with Crippen LogP contribution in [0.15, 0.2) is 40.5 Å². The lowest BCUT2D eigenvalue weighted by Crippen LogP contribution is -1.92. The van der Waals surface area contributed by atoms with Crippen molar-refractivity contribution in [1.29, 1.82) is 0 Å². The molecule has 1 aromatic heterocycles. The van der Waals surface area contributed by atoms with Crippen LogP contribution in [0.3, 0.4) is 0 Å². The van der Waals surface area contributed by atoms with E-state index in [-0.39, 0.29) is 0 Å². The molecule has 3 nitrogen and oxygen atoms in total. The Balaban J connectivity index is 2.23. The van der Waals surface area contributed by atoms with Crippen molar-refractivity contribution in [2.75, 3.05) is 0 Å². The van der Waals surface area contributed by atoms with E-state index < -0.39 is 6.10 Å². The summed E-state index contributed by atoms with van der Waals surface area (Å²) in [6, 6.07) is 7.41. The second-order valence-electron chi connectivity index (χ2n) is 3.94. The molecule has 0 aliphatic rings. The van der Waals surface area contributed by atoms with Gasteiger partial charge >= 0.3 is 0 Å². The fourth-order valence-electron chi connectivity index (χ4n) is 1.49. The predicted octanol–water partition coefficient (Wildman–Crippen LogP) is 3.64. The van der Waals surface area contributed by atoms with Gasteiger partial charge in [-0.3, -0.25) is 0 Å². The molecule has 5 heteroatoms. The summed E-state index contributed by atoms with van der Waals surface area (Å²) in [5, 5.41) is 10.8. The van der Waals surface area contributed by atoms with E-state index in [1.165, 1.54) is 11.8 Å². The van der Waals surface area contributed by atoms with E-state index in [4.69, 9.17) is 11.6 Å². The van der Waals surface area contributed by atoms with Crippen LogP contribution in [0.4, 0.5) is 0 Å². The molecule has 1 unspecified atom stereocenters. The minimum absolute atomic E-state index is 0.558. The van der Waals surface area contributed by atoms with Crippen molar-refractivity contribution < 1.29 is 5.11 Å². The third-order valence-electron chi connectivity index (χ3n) is 2.40. The maximum absolute atomic E-state index is 9.51. The number of nitrogens with zero attached hydrogens (tertiary/aromatic N) is 2. The number of benzene rings is 1. The molecule has 0 amide bonds. The van der Waals surface area contributed by atoms with E-state index in [2.05, 4.69) is 9.97 Å². The number of aliphatic hydroxyl groups excluding tert-OH is 1. The smallest absolute Gasteiger partial charge is 0.192 e. The Morgan fingerprint density at radius 2 is 2.11 bits per heavy atom. The summed E-state index contributed by atoms with van der Waals surface area (Å²) in [6.45, 7) is 3.62. The van der Waals surface area contributed by atoms with Gasteiger partial charge in [-0.15, -0.1) is 0 Å². The van der Waals surface area contributed by atoms with Crippen LogP contribution >= 0.6 is 23.4 Å². The lowest BCUT2D eigenvalue weighted by Gasteiger charge is -2.08. The maximum Gasteiger partial charge on any atom is 0.192 e. The standard InChI is InChI=1S/C13H13ClN2OS/c1-8-5-6-15-13(16-8)18-10-3-4-11(9(2)17)12(14)7-10/h3-7,9,17H,1-2H3. The first kappa shape index (κ1) is 13.3. The number of halogens is 1. The Morgan fingerprint density at radius 1 is 1.33 bits per heavy atom. The summed E-state index contributed by atoms with van der Waals surface area (Å²) in [5.74, 6) is 0. The molecule has 94 valence electrons. The second-order valence-corrected chi connectivity index (χ2v) is 5.39. The minimum Gasteiger partial charge on any atom is -0.389 e.